The molecule has 4 heteroatoms. The highest BCUT2D eigenvalue weighted by atomic mass is 16.4. The van der Waals surface area contributed by atoms with Crippen LogP contribution in [0.4, 0.5) is 0 Å². The lowest BCUT2D eigenvalue weighted by molar-refractivity contribution is -0.134. The fourth-order valence-electron chi connectivity index (χ4n) is 2.57. The van der Waals surface area contributed by atoms with Gasteiger partial charge in [0, 0.05) is 6.42 Å². The second-order valence-electron chi connectivity index (χ2n) is 6.64. The highest BCUT2D eigenvalue weighted by molar-refractivity contribution is 5.83. The minimum Gasteiger partial charge on any atom is -0.394 e. The Morgan fingerprint density at radius 3 is 2.00 bits per heavy atom. The van der Waals surface area contributed by atoms with Gasteiger partial charge in [-0.3, -0.25) is 4.79 Å². The van der Waals surface area contributed by atoms with E-state index in [-0.39, 0.29) is 12.2 Å². The summed E-state index contributed by atoms with van der Waals surface area (Å²) < 4.78 is 0. The molecule has 0 aromatic heterocycles. The van der Waals surface area contributed by atoms with Gasteiger partial charge < -0.3 is 15.3 Å². The topological polar surface area (TPSA) is 77.8 Å². The monoisotopic (exact) mass is 354 g/mol. The number of ketones is 1. The van der Waals surface area contributed by atoms with Crippen LogP contribution in [0.15, 0.2) is 24.3 Å². The van der Waals surface area contributed by atoms with Gasteiger partial charge in [0.05, 0.1) is 6.61 Å². The van der Waals surface area contributed by atoms with Crippen molar-refractivity contribution in [3.63, 3.8) is 0 Å². The largest absolute Gasteiger partial charge is 0.394 e. The van der Waals surface area contributed by atoms with E-state index in [1.807, 2.05) is 0 Å². The fraction of sp³-hybridized carbons (Fsp3) is 0.762. The normalized spacial score (nSPS) is 14.4. The molecule has 0 rings (SSSR count). The van der Waals surface area contributed by atoms with Crippen LogP contribution in [-0.4, -0.2) is 39.9 Å². The molecule has 2 unspecified atom stereocenters. The second kappa shape index (κ2) is 17.8. The molecule has 146 valence electrons. The van der Waals surface area contributed by atoms with E-state index in [4.69, 9.17) is 5.11 Å². The minimum absolute atomic E-state index is 0.267. The van der Waals surface area contributed by atoms with Gasteiger partial charge in [0.1, 0.15) is 12.2 Å². The molecule has 0 aliphatic carbocycles. The number of carbonyl (C=O) groups excluding carboxylic acids is 1. The van der Waals surface area contributed by atoms with E-state index in [9.17, 15) is 15.0 Å². The molecule has 0 aliphatic heterocycles. The third-order valence-corrected chi connectivity index (χ3v) is 4.26. The molecule has 0 aliphatic rings. The van der Waals surface area contributed by atoms with Gasteiger partial charge in [-0.2, -0.15) is 0 Å². The Morgan fingerprint density at radius 2 is 1.40 bits per heavy atom. The summed E-state index contributed by atoms with van der Waals surface area (Å²) in [6, 6.07) is 0. The molecule has 0 saturated heterocycles. The molecule has 2 atom stereocenters. The highest BCUT2D eigenvalue weighted by Crippen LogP contribution is 2.10. The lowest BCUT2D eigenvalue weighted by atomic mass is 10.0. The first kappa shape index (κ1) is 24.0. The first-order chi connectivity index (χ1) is 12.1. The lowest BCUT2D eigenvalue weighted by Crippen LogP contribution is -2.36. The zero-order valence-electron chi connectivity index (χ0n) is 15.9. The van der Waals surface area contributed by atoms with Crippen molar-refractivity contribution in [2.45, 2.75) is 96.2 Å². The molecular weight excluding hydrogens is 316 g/mol. The molecule has 4 nitrogen and oxygen atoms in total. The van der Waals surface area contributed by atoms with E-state index in [0.29, 0.717) is 0 Å². The van der Waals surface area contributed by atoms with Crippen LogP contribution in [0, 0.1) is 0 Å². The Bertz CT molecular complexity index is 363. The van der Waals surface area contributed by atoms with E-state index >= 15 is 0 Å². The van der Waals surface area contributed by atoms with E-state index in [2.05, 4.69) is 31.2 Å². The van der Waals surface area contributed by atoms with Crippen molar-refractivity contribution < 1.29 is 20.1 Å². The van der Waals surface area contributed by atoms with Crippen molar-refractivity contribution in [3.8, 4) is 0 Å². The van der Waals surface area contributed by atoms with Gasteiger partial charge in [-0.15, -0.1) is 0 Å². The third kappa shape index (κ3) is 15.0. The summed E-state index contributed by atoms with van der Waals surface area (Å²) in [5.41, 5.74) is 0. The van der Waals surface area contributed by atoms with Crippen LogP contribution >= 0.6 is 0 Å². The number of carbonyl (C=O) groups is 1. The summed E-state index contributed by atoms with van der Waals surface area (Å²) in [5.74, 6) is -0.382. The van der Waals surface area contributed by atoms with Gasteiger partial charge in [-0.1, -0.05) is 63.3 Å². The van der Waals surface area contributed by atoms with E-state index < -0.39 is 18.8 Å². The van der Waals surface area contributed by atoms with Gasteiger partial charge in [0.15, 0.2) is 5.78 Å². The van der Waals surface area contributed by atoms with Gasteiger partial charge in [-0.05, 0) is 38.5 Å². The molecule has 0 spiro atoms. The van der Waals surface area contributed by atoms with Gasteiger partial charge in [-0.25, -0.2) is 0 Å². The highest BCUT2D eigenvalue weighted by Gasteiger charge is 2.22. The van der Waals surface area contributed by atoms with Crippen molar-refractivity contribution in [1.82, 2.24) is 0 Å². The predicted molar refractivity (Wildman–Crippen MR) is 103 cm³/mol. The molecule has 25 heavy (non-hydrogen) atoms. The van der Waals surface area contributed by atoms with Crippen LogP contribution in [0.25, 0.3) is 0 Å². The molecule has 0 aromatic carbocycles. The molecule has 0 bridgehead atoms. The SMILES string of the molecule is CCCCCC=CC/C=C\CCCCCCCC(=O)C(O)C(O)CO. The van der Waals surface area contributed by atoms with Crippen LogP contribution in [0.5, 0.6) is 0 Å². The molecular formula is C21H38O4. The number of Topliss-reactive ketones (excluding diaryl/α,β-unsaturated/α-hetero) is 1. The van der Waals surface area contributed by atoms with E-state index in [1.165, 1.54) is 25.7 Å². The number of allylic oxidation sites excluding steroid dienone is 4. The van der Waals surface area contributed by atoms with Gasteiger partial charge in [0.25, 0.3) is 0 Å². The Morgan fingerprint density at radius 1 is 0.840 bits per heavy atom. The number of aliphatic hydroxyl groups excluding tert-OH is 3. The fourth-order valence-corrected chi connectivity index (χ4v) is 2.57. The quantitative estimate of drug-likeness (QED) is 0.272. The van der Waals surface area contributed by atoms with Crippen LogP contribution in [0.3, 0.4) is 0 Å². The first-order valence-corrected chi connectivity index (χ1v) is 9.93. The maximum atomic E-state index is 11.5. The predicted octanol–water partition coefficient (Wildman–Crippen LogP) is 4.08. The van der Waals surface area contributed by atoms with Crippen molar-refractivity contribution in [1.29, 1.82) is 0 Å². The third-order valence-electron chi connectivity index (χ3n) is 4.26. The molecule has 3 N–H and O–H groups in total. The molecule has 0 aromatic rings. The van der Waals surface area contributed by atoms with Crippen molar-refractivity contribution in [2.75, 3.05) is 6.61 Å². The maximum absolute atomic E-state index is 11.5. The van der Waals surface area contributed by atoms with E-state index in [1.54, 1.807) is 0 Å². The average Bonchev–Trinajstić information content (AvgIpc) is 2.63. The number of hydrogen-bond acceptors (Lipinski definition) is 4. The zero-order valence-corrected chi connectivity index (χ0v) is 15.9. The Hall–Kier alpha value is -0.970. The van der Waals surface area contributed by atoms with Crippen LogP contribution in [-0.2, 0) is 4.79 Å². The second-order valence-corrected chi connectivity index (χ2v) is 6.64. The minimum atomic E-state index is -1.45. The summed E-state index contributed by atoms with van der Waals surface area (Å²) in [6.45, 7) is 1.63. The Kier molecular flexibility index (Phi) is 17.1. The average molecular weight is 355 g/mol. The number of aliphatic hydroxyl groups is 3. The number of unbranched alkanes of at least 4 members (excludes halogenated alkanes) is 8. The zero-order chi connectivity index (χ0) is 18.8. The molecule has 0 saturated carbocycles. The van der Waals surface area contributed by atoms with Crippen molar-refractivity contribution in [3.05, 3.63) is 24.3 Å². The summed E-state index contributed by atoms with van der Waals surface area (Å²) in [7, 11) is 0. The van der Waals surface area contributed by atoms with Crippen LogP contribution < -0.4 is 0 Å². The summed E-state index contributed by atoms with van der Waals surface area (Å²) >= 11 is 0. The van der Waals surface area contributed by atoms with Crippen molar-refractivity contribution >= 4 is 5.78 Å². The van der Waals surface area contributed by atoms with Gasteiger partial charge >= 0.3 is 0 Å². The Labute approximate surface area is 153 Å². The standard InChI is InChI=1S/C21H38O4/c1-2-3-4-5-6-7-8-9-10-11-12-13-14-15-16-17-19(23)21(25)20(24)18-22/h6-7,9-10,20-22,24-25H,2-5,8,11-18H2,1H3/b7-6?,10-9-. The van der Waals surface area contributed by atoms with Crippen LogP contribution in [0.1, 0.15) is 84.0 Å². The summed E-state index contributed by atoms with van der Waals surface area (Å²) in [5, 5.41) is 27.3. The van der Waals surface area contributed by atoms with E-state index in [0.717, 1.165) is 44.9 Å². The Balaban J connectivity index is 3.41. The van der Waals surface area contributed by atoms with Gasteiger partial charge in [0.2, 0.25) is 0 Å². The molecule has 0 fully saturated rings. The lowest BCUT2D eigenvalue weighted by Gasteiger charge is -2.13. The van der Waals surface area contributed by atoms with Crippen LogP contribution in [0.2, 0.25) is 0 Å². The molecule has 0 amide bonds. The number of rotatable bonds is 17. The number of hydrogen-bond donors (Lipinski definition) is 3. The summed E-state index contributed by atoms with van der Waals surface area (Å²) in [4.78, 5) is 11.5. The molecule has 0 radical (unpaired) electrons. The van der Waals surface area contributed by atoms with Crippen molar-refractivity contribution in [2.24, 2.45) is 0 Å². The molecule has 0 heterocycles. The summed E-state index contributed by atoms with van der Waals surface area (Å²) in [6.07, 6.45) is 18.7. The smallest absolute Gasteiger partial charge is 0.164 e. The first-order valence-electron chi connectivity index (χ1n) is 9.93. The maximum Gasteiger partial charge on any atom is 0.164 e.